The molecule has 1 unspecified atom stereocenters. The maximum atomic E-state index is 4.81. The fourth-order valence-electron chi connectivity index (χ4n) is 2.48. The van der Waals surface area contributed by atoms with Crippen LogP contribution in [0.1, 0.15) is 69.8 Å². The molecule has 1 aromatic rings. The van der Waals surface area contributed by atoms with Crippen LogP contribution >= 0.6 is 0 Å². The lowest BCUT2D eigenvalue weighted by atomic mass is 10.1. The summed E-state index contributed by atoms with van der Waals surface area (Å²) < 4.78 is 0. The summed E-state index contributed by atoms with van der Waals surface area (Å²) in [6.45, 7) is 7.80. The Bertz CT molecular complexity index is 449. The van der Waals surface area contributed by atoms with E-state index in [0.717, 1.165) is 24.6 Å². The number of aromatic nitrogens is 2. The second-order valence-electron chi connectivity index (χ2n) is 6.48. The largest absolute Gasteiger partial charge is 0.370 e. The minimum Gasteiger partial charge on any atom is -0.370 e. The molecule has 3 nitrogen and oxygen atoms in total. The van der Waals surface area contributed by atoms with Gasteiger partial charge in [-0.25, -0.2) is 9.97 Å². The van der Waals surface area contributed by atoms with Crippen LogP contribution in [0.3, 0.4) is 0 Å². The first kappa shape index (κ1) is 11.9. The summed E-state index contributed by atoms with van der Waals surface area (Å²) in [5.74, 6) is 3.38. The molecular formula is C15H23N3. The number of rotatable bonds is 5. The SMILES string of the molecule is CCCNc1cc(C2CC2)nc(C2CC2(C)C)n1. The van der Waals surface area contributed by atoms with Crippen molar-refractivity contribution in [3.63, 3.8) is 0 Å². The summed E-state index contributed by atoms with van der Waals surface area (Å²) in [6.07, 6.45) is 4.97. The molecule has 2 saturated carbocycles. The molecule has 1 aromatic heterocycles. The van der Waals surface area contributed by atoms with E-state index < -0.39 is 0 Å². The van der Waals surface area contributed by atoms with Crippen LogP contribution in [-0.2, 0) is 0 Å². The molecule has 3 heteroatoms. The van der Waals surface area contributed by atoms with Gasteiger partial charge in [0.1, 0.15) is 11.6 Å². The maximum Gasteiger partial charge on any atom is 0.134 e. The third-order valence-electron chi connectivity index (χ3n) is 4.14. The normalized spacial score (nSPS) is 24.9. The van der Waals surface area contributed by atoms with Gasteiger partial charge in [-0.2, -0.15) is 0 Å². The molecule has 1 heterocycles. The predicted octanol–water partition coefficient (Wildman–Crippen LogP) is 3.69. The minimum atomic E-state index is 0.407. The second-order valence-corrected chi connectivity index (χ2v) is 6.48. The number of nitrogens with one attached hydrogen (secondary N) is 1. The van der Waals surface area contributed by atoms with E-state index in [-0.39, 0.29) is 0 Å². The smallest absolute Gasteiger partial charge is 0.134 e. The van der Waals surface area contributed by atoms with E-state index in [1.54, 1.807) is 0 Å². The molecule has 0 aromatic carbocycles. The number of hydrogen-bond acceptors (Lipinski definition) is 3. The van der Waals surface area contributed by atoms with E-state index in [1.807, 2.05) is 0 Å². The molecule has 0 saturated heterocycles. The van der Waals surface area contributed by atoms with Crippen LogP contribution in [0.15, 0.2) is 6.07 Å². The first-order valence-corrected chi connectivity index (χ1v) is 7.23. The predicted molar refractivity (Wildman–Crippen MR) is 73.9 cm³/mol. The Morgan fingerprint density at radius 1 is 1.33 bits per heavy atom. The zero-order valence-electron chi connectivity index (χ0n) is 11.7. The lowest BCUT2D eigenvalue weighted by molar-refractivity contribution is 0.607. The molecular weight excluding hydrogens is 222 g/mol. The molecule has 0 amide bonds. The zero-order chi connectivity index (χ0) is 12.8. The Labute approximate surface area is 109 Å². The molecule has 2 fully saturated rings. The fourth-order valence-corrected chi connectivity index (χ4v) is 2.48. The van der Waals surface area contributed by atoms with Crippen molar-refractivity contribution in [2.24, 2.45) is 5.41 Å². The van der Waals surface area contributed by atoms with E-state index in [1.165, 1.54) is 25.0 Å². The summed E-state index contributed by atoms with van der Waals surface area (Å²) in [6, 6.07) is 2.16. The van der Waals surface area contributed by atoms with Crippen molar-refractivity contribution < 1.29 is 0 Å². The number of hydrogen-bond donors (Lipinski definition) is 1. The Balaban J connectivity index is 1.85. The summed E-state index contributed by atoms with van der Waals surface area (Å²) in [5.41, 5.74) is 1.67. The third kappa shape index (κ3) is 2.36. The maximum absolute atomic E-state index is 4.81. The van der Waals surface area contributed by atoms with Gasteiger partial charge in [-0.1, -0.05) is 20.8 Å². The first-order chi connectivity index (χ1) is 8.60. The molecule has 0 radical (unpaired) electrons. The van der Waals surface area contributed by atoms with Crippen molar-refractivity contribution in [2.45, 2.75) is 58.3 Å². The van der Waals surface area contributed by atoms with Crippen LogP contribution < -0.4 is 5.32 Å². The highest BCUT2D eigenvalue weighted by molar-refractivity contribution is 5.39. The molecule has 1 N–H and O–H groups in total. The Morgan fingerprint density at radius 2 is 2.06 bits per heavy atom. The number of anilines is 1. The highest BCUT2D eigenvalue weighted by atomic mass is 15.0. The van der Waals surface area contributed by atoms with E-state index in [9.17, 15) is 0 Å². The van der Waals surface area contributed by atoms with Crippen molar-refractivity contribution in [2.75, 3.05) is 11.9 Å². The average Bonchev–Trinajstić information content (AvgIpc) is 3.22. The topological polar surface area (TPSA) is 37.8 Å². The highest BCUT2D eigenvalue weighted by Crippen LogP contribution is 2.58. The van der Waals surface area contributed by atoms with Gasteiger partial charge in [-0.05, 0) is 31.1 Å². The number of nitrogens with zero attached hydrogens (tertiary/aromatic N) is 2. The van der Waals surface area contributed by atoms with Crippen LogP contribution in [-0.4, -0.2) is 16.5 Å². The Kier molecular flexibility index (Phi) is 2.80. The summed E-state index contributed by atoms with van der Waals surface area (Å²) in [5, 5.41) is 3.42. The quantitative estimate of drug-likeness (QED) is 0.859. The lowest BCUT2D eigenvalue weighted by Gasteiger charge is -2.10. The average molecular weight is 245 g/mol. The fraction of sp³-hybridized carbons (Fsp3) is 0.733. The van der Waals surface area contributed by atoms with E-state index >= 15 is 0 Å². The van der Waals surface area contributed by atoms with Gasteiger partial charge < -0.3 is 5.32 Å². The molecule has 3 rings (SSSR count). The van der Waals surface area contributed by atoms with E-state index in [2.05, 4.69) is 32.2 Å². The molecule has 0 bridgehead atoms. The van der Waals surface area contributed by atoms with Gasteiger partial charge in [-0.15, -0.1) is 0 Å². The molecule has 0 spiro atoms. The monoisotopic (exact) mass is 245 g/mol. The van der Waals surface area contributed by atoms with Gasteiger partial charge in [0.15, 0.2) is 0 Å². The summed E-state index contributed by atoms with van der Waals surface area (Å²) in [4.78, 5) is 9.53. The van der Waals surface area contributed by atoms with Gasteiger partial charge in [0.25, 0.3) is 0 Å². The first-order valence-electron chi connectivity index (χ1n) is 7.23. The van der Waals surface area contributed by atoms with Crippen LogP contribution in [0.4, 0.5) is 5.82 Å². The van der Waals surface area contributed by atoms with Gasteiger partial charge >= 0.3 is 0 Å². The van der Waals surface area contributed by atoms with Gasteiger partial charge in [0.05, 0.1) is 0 Å². The molecule has 98 valence electrons. The van der Waals surface area contributed by atoms with Crippen molar-refractivity contribution in [3.05, 3.63) is 17.6 Å². The second kappa shape index (κ2) is 4.22. The third-order valence-corrected chi connectivity index (χ3v) is 4.14. The molecule has 2 aliphatic rings. The van der Waals surface area contributed by atoms with Gasteiger partial charge in [0, 0.05) is 30.1 Å². The van der Waals surface area contributed by atoms with E-state index in [0.29, 0.717) is 17.3 Å². The molecule has 18 heavy (non-hydrogen) atoms. The zero-order valence-corrected chi connectivity index (χ0v) is 11.7. The van der Waals surface area contributed by atoms with Crippen molar-refractivity contribution >= 4 is 5.82 Å². The van der Waals surface area contributed by atoms with Gasteiger partial charge in [0.2, 0.25) is 0 Å². The standard InChI is InChI=1S/C15H23N3/c1-4-7-16-13-8-12(10-5-6-10)17-14(18-13)11-9-15(11,2)3/h8,10-11H,4-7,9H2,1-3H3,(H,16,17,18). The minimum absolute atomic E-state index is 0.407. The van der Waals surface area contributed by atoms with Crippen LogP contribution in [0.5, 0.6) is 0 Å². The molecule has 0 aliphatic heterocycles. The lowest BCUT2D eigenvalue weighted by Crippen LogP contribution is -2.07. The van der Waals surface area contributed by atoms with Crippen LogP contribution in [0.2, 0.25) is 0 Å². The Hall–Kier alpha value is -1.12. The van der Waals surface area contributed by atoms with Crippen LogP contribution in [0.25, 0.3) is 0 Å². The van der Waals surface area contributed by atoms with Crippen molar-refractivity contribution in [1.82, 2.24) is 9.97 Å². The van der Waals surface area contributed by atoms with Gasteiger partial charge in [-0.3, -0.25) is 0 Å². The highest BCUT2D eigenvalue weighted by Gasteiger charge is 2.49. The molecule has 1 atom stereocenters. The Morgan fingerprint density at radius 3 is 2.61 bits per heavy atom. The van der Waals surface area contributed by atoms with Crippen molar-refractivity contribution in [3.8, 4) is 0 Å². The van der Waals surface area contributed by atoms with Crippen LogP contribution in [0, 0.1) is 5.41 Å². The summed E-state index contributed by atoms with van der Waals surface area (Å²) >= 11 is 0. The van der Waals surface area contributed by atoms with Crippen molar-refractivity contribution in [1.29, 1.82) is 0 Å². The van der Waals surface area contributed by atoms with E-state index in [4.69, 9.17) is 9.97 Å². The summed E-state index contributed by atoms with van der Waals surface area (Å²) in [7, 11) is 0. The molecule has 2 aliphatic carbocycles.